The molecule has 1 aromatic rings. The maximum absolute atomic E-state index is 5.87. The zero-order valence-electron chi connectivity index (χ0n) is 8.87. The van der Waals surface area contributed by atoms with Gasteiger partial charge in [-0.3, -0.25) is 0 Å². The molecule has 0 bridgehead atoms. The third-order valence-electron chi connectivity index (χ3n) is 2.72. The number of ether oxygens (including phenoxy) is 1. The molecule has 1 aliphatic carbocycles. The molecule has 0 unspecified atom stereocenters. The smallest absolute Gasteiger partial charge is 0.133 e. The van der Waals surface area contributed by atoms with E-state index in [4.69, 9.17) is 4.74 Å². The number of benzene rings is 1. The molecule has 1 saturated carbocycles. The minimum absolute atomic E-state index is 0.382. The number of rotatable bonds is 4. The predicted octanol–water partition coefficient (Wildman–Crippen LogP) is 2.97. The lowest BCUT2D eigenvalue weighted by Crippen LogP contribution is -2.46. The maximum Gasteiger partial charge on any atom is 0.133 e. The van der Waals surface area contributed by atoms with E-state index in [-0.39, 0.29) is 0 Å². The van der Waals surface area contributed by atoms with Gasteiger partial charge in [-0.25, -0.2) is 0 Å². The molecule has 82 valence electrons. The first-order valence-corrected chi connectivity index (χ1v) is 6.23. The summed E-state index contributed by atoms with van der Waals surface area (Å²) in [5.41, 5.74) is 0. The maximum atomic E-state index is 5.87. The Morgan fingerprint density at radius 3 is 2.80 bits per heavy atom. The van der Waals surface area contributed by atoms with Gasteiger partial charge in [-0.15, -0.1) is 0 Å². The van der Waals surface area contributed by atoms with E-state index < -0.39 is 0 Å². The summed E-state index contributed by atoms with van der Waals surface area (Å²) in [6, 6.07) is 8.67. The van der Waals surface area contributed by atoms with Crippen LogP contribution in [-0.2, 0) is 0 Å². The van der Waals surface area contributed by atoms with Gasteiger partial charge >= 0.3 is 0 Å². The molecule has 1 fully saturated rings. The fourth-order valence-corrected chi connectivity index (χ4v) is 2.22. The molecule has 15 heavy (non-hydrogen) atoms. The molecule has 0 amide bonds. The third-order valence-corrected chi connectivity index (χ3v) is 3.37. The minimum atomic E-state index is 0.382. The number of hydrogen-bond donors (Lipinski definition) is 1. The Morgan fingerprint density at radius 1 is 1.40 bits per heavy atom. The molecule has 1 aromatic carbocycles. The third kappa shape index (κ3) is 2.73. The molecular weight excluding hydrogens is 254 g/mol. The van der Waals surface area contributed by atoms with Crippen molar-refractivity contribution in [2.75, 3.05) is 6.54 Å². The largest absolute Gasteiger partial charge is 0.489 e. The van der Waals surface area contributed by atoms with Crippen LogP contribution in [0.4, 0.5) is 0 Å². The molecule has 0 spiro atoms. The van der Waals surface area contributed by atoms with E-state index in [9.17, 15) is 0 Å². The second-order valence-corrected chi connectivity index (χ2v) is 4.75. The molecule has 2 rings (SSSR count). The summed E-state index contributed by atoms with van der Waals surface area (Å²) in [7, 11) is 0. The van der Waals surface area contributed by atoms with Crippen molar-refractivity contribution in [3.63, 3.8) is 0 Å². The zero-order valence-corrected chi connectivity index (χ0v) is 10.5. The molecule has 0 saturated heterocycles. The Morgan fingerprint density at radius 2 is 2.13 bits per heavy atom. The predicted molar refractivity (Wildman–Crippen MR) is 65.3 cm³/mol. The molecule has 1 aliphatic rings. The van der Waals surface area contributed by atoms with Gasteiger partial charge < -0.3 is 10.1 Å². The highest BCUT2D eigenvalue weighted by Gasteiger charge is 2.30. The fraction of sp³-hybridized carbons (Fsp3) is 0.500. The van der Waals surface area contributed by atoms with Crippen molar-refractivity contribution in [1.29, 1.82) is 0 Å². The van der Waals surface area contributed by atoms with E-state index in [1.807, 2.05) is 24.3 Å². The van der Waals surface area contributed by atoms with E-state index in [1.165, 1.54) is 0 Å². The highest BCUT2D eigenvalue weighted by atomic mass is 79.9. The van der Waals surface area contributed by atoms with Gasteiger partial charge in [0.1, 0.15) is 11.9 Å². The van der Waals surface area contributed by atoms with Crippen LogP contribution in [0.3, 0.4) is 0 Å². The normalized spacial score (nSPS) is 24.7. The van der Waals surface area contributed by atoms with Gasteiger partial charge in [0.25, 0.3) is 0 Å². The van der Waals surface area contributed by atoms with E-state index >= 15 is 0 Å². The highest BCUT2D eigenvalue weighted by molar-refractivity contribution is 9.10. The van der Waals surface area contributed by atoms with Crippen LogP contribution < -0.4 is 10.1 Å². The summed E-state index contributed by atoms with van der Waals surface area (Å²) >= 11 is 3.48. The molecule has 0 heterocycles. The Balaban J connectivity index is 1.82. The van der Waals surface area contributed by atoms with Crippen LogP contribution in [0.25, 0.3) is 0 Å². The number of para-hydroxylation sites is 1. The van der Waals surface area contributed by atoms with Crippen LogP contribution in [0.1, 0.15) is 19.8 Å². The van der Waals surface area contributed by atoms with Crippen LogP contribution in [0, 0.1) is 0 Å². The van der Waals surface area contributed by atoms with Gasteiger partial charge in [-0.2, -0.15) is 0 Å². The summed E-state index contributed by atoms with van der Waals surface area (Å²) in [6.45, 7) is 3.19. The first-order valence-electron chi connectivity index (χ1n) is 5.44. The number of halogens is 1. The second kappa shape index (κ2) is 4.99. The second-order valence-electron chi connectivity index (χ2n) is 3.90. The molecule has 0 aromatic heterocycles. The monoisotopic (exact) mass is 269 g/mol. The number of nitrogens with one attached hydrogen (secondary N) is 1. The lowest BCUT2D eigenvalue weighted by Gasteiger charge is -2.36. The molecule has 0 aliphatic heterocycles. The first kappa shape index (κ1) is 11.0. The van der Waals surface area contributed by atoms with Crippen molar-refractivity contribution in [3.8, 4) is 5.75 Å². The molecule has 0 radical (unpaired) electrons. The molecule has 1 N–H and O–H groups in total. The van der Waals surface area contributed by atoms with Crippen LogP contribution in [0.2, 0.25) is 0 Å². The highest BCUT2D eigenvalue weighted by Crippen LogP contribution is 2.30. The quantitative estimate of drug-likeness (QED) is 0.908. The van der Waals surface area contributed by atoms with Crippen LogP contribution in [0.15, 0.2) is 28.7 Å². The summed E-state index contributed by atoms with van der Waals surface area (Å²) in [5, 5.41) is 3.42. The van der Waals surface area contributed by atoms with Gasteiger partial charge in [0.2, 0.25) is 0 Å². The average molecular weight is 270 g/mol. The lowest BCUT2D eigenvalue weighted by atomic mass is 9.89. The zero-order chi connectivity index (χ0) is 10.7. The minimum Gasteiger partial charge on any atom is -0.489 e. The van der Waals surface area contributed by atoms with Crippen molar-refractivity contribution >= 4 is 15.9 Å². The first-order chi connectivity index (χ1) is 7.29. The molecule has 2 nitrogen and oxygen atoms in total. The summed E-state index contributed by atoms with van der Waals surface area (Å²) < 4.78 is 6.91. The standard InChI is InChI=1S/C12H16BrNO/c1-2-14-9-7-10(8-9)15-12-6-4-3-5-11(12)13/h3-6,9-10,14H,2,7-8H2,1H3. The van der Waals surface area contributed by atoms with Gasteiger partial charge in [0.15, 0.2) is 0 Å². The van der Waals surface area contributed by atoms with Crippen molar-refractivity contribution in [2.45, 2.75) is 31.9 Å². The fourth-order valence-electron chi connectivity index (χ4n) is 1.84. The topological polar surface area (TPSA) is 21.3 Å². The van der Waals surface area contributed by atoms with Crippen LogP contribution in [0.5, 0.6) is 5.75 Å². The number of hydrogen-bond acceptors (Lipinski definition) is 2. The van der Waals surface area contributed by atoms with Gasteiger partial charge in [0.05, 0.1) is 4.47 Å². The summed E-state index contributed by atoms with van der Waals surface area (Å²) in [4.78, 5) is 0. The van der Waals surface area contributed by atoms with Gasteiger partial charge in [-0.05, 0) is 47.4 Å². The molecule has 0 atom stereocenters. The lowest BCUT2D eigenvalue weighted by molar-refractivity contribution is 0.0852. The molecular formula is C12H16BrNO. The van der Waals surface area contributed by atoms with Crippen molar-refractivity contribution in [2.24, 2.45) is 0 Å². The van der Waals surface area contributed by atoms with Crippen LogP contribution >= 0.6 is 15.9 Å². The van der Waals surface area contributed by atoms with Crippen LogP contribution in [-0.4, -0.2) is 18.7 Å². The van der Waals surface area contributed by atoms with E-state index in [2.05, 4.69) is 28.2 Å². The van der Waals surface area contributed by atoms with Gasteiger partial charge in [0, 0.05) is 6.04 Å². The van der Waals surface area contributed by atoms with E-state index in [0.29, 0.717) is 12.1 Å². The SMILES string of the molecule is CCNC1CC(Oc2ccccc2Br)C1. The van der Waals surface area contributed by atoms with E-state index in [0.717, 1.165) is 29.6 Å². The van der Waals surface area contributed by atoms with Crippen molar-refractivity contribution in [1.82, 2.24) is 5.32 Å². The van der Waals surface area contributed by atoms with E-state index in [1.54, 1.807) is 0 Å². The van der Waals surface area contributed by atoms with Crippen molar-refractivity contribution in [3.05, 3.63) is 28.7 Å². The van der Waals surface area contributed by atoms with Crippen molar-refractivity contribution < 1.29 is 4.74 Å². The Hall–Kier alpha value is -0.540. The average Bonchev–Trinajstić information content (AvgIpc) is 2.18. The Bertz CT molecular complexity index is 323. The Kier molecular flexibility index (Phi) is 3.65. The summed E-state index contributed by atoms with van der Waals surface area (Å²) in [6.07, 6.45) is 2.62. The molecule has 3 heteroatoms. The Labute approximate surface area is 99.1 Å². The summed E-state index contributed by atoms with van der Waals surface area (Å²) in [5.74, 6) is 0.956. The van der Waals surface area contributed by atoms with Gasteiger partial charge in [-0.1, -0.05) is 19.1 Å².